The maximum atomic E-state index is 3.74. The van der Waals surface area contributed by atoms with E-state index >= 15 is 0 Å². The van der Waals surface area contributed by atoms with Crippen LogP contribution in [0.3, 0.4) is 0 Å². The molecule has 0 N–H and O–H groups in total. The van der Waals surface area contributed by atoms with Crippen molar-refractivity contribution in [2.75, 3.05) is 0 Å². The van der Waals surface area contributed by atoms with Crippen LogP contribution in [0, 0.1) is 0 Å². The van der Waals surface area contributed by atoms with Crippen LogP contribution in [0.2, 0.25) is 0 Å². The minimum Gasteiger partial charge on any atom is -0.0988 e. The van der Waals surface area contributed by atoms with Crippen molar-refractivity contribution < 1.29 is 0 Å². The largest absolute Gasteiger partial charge is 0.0988 e. The molecule has 0 spiro atoms. The van der Waals surface area contributed by atoms with Crippen molar-refractivity contribution in [2.45, 2.75) is 20.3 Å². The fraction of sp³-hybridized carbons (Fsp3) is 0.333. The molecule has 1 aliphatic carbocycles. The van der Waals surface area contributed by atoms with Crippen molar-refractivity contribution in [3.05, 3.63) is 35.5 Å². The average Bonchev–Trinajstić information content (AvgIpc) is 2.10. The summed E-state index contributed by atoms with van der Waals surface area (Å²) in [5.41, 5.74) is 4.21. The highest BCUT2D eigenvalue weighted by Gasteiger charge is 2.04. The topological polar surface area (TPSA) is 0 Å². The van der Waals surface area contributed by atoms with Gasteiger partial charge in [0.25, 0.3) is 0 Å². The summed E-state index contributed by atoms with van der Waals surface area (Å²) in [5, 5.41) is 0. The van der Waals surface area contributed by atoms with Crippen LogP contribution < -0.4 is 0 Å². The lowest BCUT2D eigenvalue weighted by Crippen LogP contribution is -1.73. The summed E-state index contributed by atoms with van der Waals surface area (Å²) in [6.07, 6.45) is 5.27. The first-order valence-electron chi connectivity index (χ1n) is 3.23. The number of hydrogen-bond donors (Lipinski definition) is 0. The van der Waals surface area contributed by atoms with Crippen LogP contribution >= 0.6 is 0 Å². The SMILES string of the molecule is C=CC1=C(C)C=C(C)C1. The second kappa shape index (κ2) is 2.22. The molecular weight excluding hydrogens is 108 g/mol. The van der Waals surface area contributed by atoms with Crippen molar-refractivity contribution in [1.82, 2.24) is 0 Å². The molecule has 0 nitrogen and oxygen atoms in total. The van der Waals surface area contributed by atoms with E-state index in [2.05, 4.69) is 26.5 Å². The molecule has 0 aromatic rings. The Hall–Kier alpha value is -0.780. The highest BCUT2D eigenvalue weighted by Crippen LogP contribution is 2.24. The van der Waals surface area contributed by atoms with E-state index in [0.29, 0.717) is 0 Å². The standard InChI is InChI=1S/C9H12/c1-4-9-6-7(2)5-8(9)3/h4-5H,1,6H2,2-3H3. The van der Waals surface area contributed by atoms with Gasteiger partial charge >= 0.3 is 0 Å². The van der Waals surface area contributed by atoms with Gasteiger partial charge in [0.05, 0.1) is 0 Å². The summed E-state index contributed by atoms with van der Waals surface area (Å²) in [7, 11) is 0. The third kappa shape index (κ3) is 1.13. The van der Waals surface area contributed by atoms with E-state index in [4.69, 9.17) is 0 Å². The first-order valence-corrected chi connectivity index (χ1v) is 3.23. The first-order chi connectivity index (χ1) is 4.24. The van der Waals surface area contributed by atoms with Gasteiger partial charge in [-0.1, -0.05) is 24.3 Å². The Morgan fingerprint density at radius 3 is 2.44 bits per heavy atom. The fourth-order valence-electron chi connectivity index (χ4n) is 1.19. The van der Waals surface area contributed by atoms with Gasteiger partial charge < -0.3 is 0 Å². The van der Waals surface area contributed by atoms with Gasteiger partial charge in [-0.15, -0.1) is 0 Å². The van der Waals surface area contributed by atoms with E-state index < -0.39 is 0 Å². The Balaban J connectivity index is 2.83. The average molecular weight is 120 g/mol. The highest BCUT2D eigenvalue weighted by atomic mass is 14.1. The molecule has 0 saturated heterocycles. The second-order valence-electron chi connectivity index (χ2n) is 2.58. The molecule has 0 bridgehead atoms. The van der Waals surface area contributed by atoms with Crippen LogP contribution in [0.1, 0.15) is 20.3 Å². The Morgan fingerprint density at radius 1 is 1.56 bits per heavy atom. The highest BCUT2D eigenvalue weighted by molar-refractivity contribution is 5.41. The fourth-order valence-corrected chi connectivity index (χ4v) is 1.19. The molecule has 0 aromatic heterocycles. The van der Waals surface area contributed by atoms with Gasteiger partial charge in [-0.05, 0) is 31.4 Å². The summed E-state index contributed by atoms with van der Waals surface area (Å²) in [5.74, 6) is 0. The minimum atomic E-state index is 1.11. The first kappa shape index (κ1) is 6.34. The summed E-state index contributed by atoms with van der Waals surface area (Å²) in [4.78, 5) is 0. The second-order valence-corrected chi connectivity index (χ2v) is 2.58. The summed E-state index contributed by atoms with van der Waals surface area (Å²) in [6, 6.07) is 0. The molecule has 0 unspecified atom stereocenters. The van der Waals surface area contributed by atoms with E-state index in [9.17, 15) is 0 Å². The smallest absolute Gasteiger partial charge is 0.00642 e. The molecule has 1 rings (SSSR count). The van der Waals surface area contributed by atoms with Crippen molar-refractivity contribution in [3.63, 3.8) is 0 Å². The Kier molecular flexibility index (Phi) is 1.56. The molecule has 0 heterocycles. The van der Waals surface area contributed by atoms with Gasteiger partial charge in [-0.25, -0.2) is 0 Å². The van der Waals surface area contributed by atoms with Crippen LogP contribution in [0.25, 0.3) is 0 Å². The maximum Gasteiger partial charge on any atom is -0.00642 e. The predicted molar refractivity (Wildman–Crippen MR) is 41.3 cm³/mol. The van der Waals surface area contributed by atoms with E-state index in [1.54, 1.807) is 0 Å². The van der Waals surface area contributed by atoms with Gasteiger partial charge in [0.15, 0.2) is 0 Å². The Morgan fingerprint density at radius 2 is 2.22 bits per heavy atom. The van der Waals surface area contributed by atoms with Crippen LogP contribution in [0.5, 0.6) is 0 Å². The monoisotopic (exact) mass is 120 g/mol. The Bertz CT molecular complexity index is 192. The van der Waals surface area contributed by atoms with Crippen LogP contribution in [0.4, 0.5) is 0 Å². The zero-order valence-corrected chi connectivity index (χ0v) is 6.07. The molecule has 0 aromatic carbocycles. The Labute approximate surface area is 56.6 Å². The number of hydrogen-bond acceptors (Lipinski definition) is 0. The van der Waals surface area contributed by atoms with Gasteiger partial charge in [0.1, 0.15) is 0 Å². The van der Waals surface area contributed by atoms with Gasteiger partial charge in [-0.2, -0.15) is 0 Å². The molecule has 9 heavy (non-hydrogen) atoms. The van der Waals surface area contributed by atoms with Crippen molar-refractivity contribution in [2.24, 2.45) is 0 Å². The predicted octanol–water partition coefficient (Wildman–Crippen LogP) is 2.84. The molecule has 1 aliphatic rings. The summed E-state index contributed by atoms with van der Waals surface area (Å²) in [6.45, 7) is 8.02. The van der Waals surface area contributed by atoms with Gasteiger partial charge in [-0.3, -0.25) is 0 Å². The van der Waals surface area contributed by atoms with Crippen LogP contribution in [-0.4, -0.2) is 0 Å². The summed E-state index contributed by atoms with van der Waals surface area (Å²) < 4.78 is 0. The molecule has 0 radical (unpaired) electrons. The lowest BCUT2D eigenvalue weighted by atomic mass is 10.1. The van der Waals surface area contributed by atoms with Crippen molar-refractivity contribution in [1.29, 1.82) is 0 Å². The lowest BCUT2D eigenvalue weighted by molar-refractivity contribution is 1.19. The third-order valence-electron chi connectivity index (χ3n) is 1.69. The normalized spacial score (nSPS) is 18.2. The quantitative estimate of drug-likeness (QED) is 0.499. The molecule has 0 saturated carbocycles. The molecule has 0 heteroatoms. The van der Waals surface area contributed by atoms with E-state index in [0.717, 1.165) is 6.42 Å². The molecule has 0 aliphatic heterocycles. The maximum absolute atomic E-state index is 3.74. The minimum absolute atomic E-state index is 1.11. The molecular formula is C9H12. The van der Waals surface area contributed by atoms with Crippen LogP contribution in [-0.2, 0) is 0 Å². The molecule has 0 amide bonds. The molecule has 0 atom stereocenters. The lowest BCUT2D eigenvalue weighted by Gasteiger charge is -1.92. The van der Waals surface area contributed by atoms with E-state index in [1.807, 2.05) is 6.08 Å². The zero-order valence-electron chi connectivity index (χ0n) is 6.07. The third-order valence-corrected chi connectivity index (χ3v) is 1.69. The van der Waals surface area contributed by atoms with E-state index in [-0.39, 0.29) is 0 Å². The molecule has 0 fully saturated rings. The van der Waals surface area contributed by atoms with Crippen molar-refractivity contribution >= 4 is 0 Å². The van der Waals surface area contributed by atoms with E-state index in [1.165, 1.54) is 16.7 Å². The number of rotatable bonds is 1. The van der Waals surface area contributed by atoms with Crippen LogP contribution in [0.15, 0.2) is 35.5 Å². The summed E-state index contributed by atoms with van der Waals surface area (Å²) >= 11 is 0. The zero-order chi connectivity index (χ0) is 6.85. The molecule has 48 valence electrons. The number of allylic oxidation sites excluding steroid dienone is 5. The van der Waals surface area contributed by atoms with Gasteiger partial charge in [0, 0.05) is 0 Å². The van der Waals surface area contributed by atoms with Crippen molar-refractivity contribution in [3.8, 4) is 0 Å². The van der Waals surface area contributed by atoms with Gasteiger partial charge in [0.2, 0.25) is 0 Å².